The zero-order valence-corrected chi connectivity index (χ0v) is 14.3. The van der Waals surface area contributed by atoms with Crippen molar-refractivity contribution in [2.45, 2.75) is 6.54 Å². The number of hydrogen-bond acceptors (Lipinski definition) is 5. The summed E-state index contributed by atoms with van der Waals surface area (Å²) in [5.74, 6) is 0.208. The van der Waals surface area contributed by atoms with Crippen LogP contribution in [0, 0.1) is 0 Å². The van der Waals surface area contributed by atoms with Crippen LogP contribution in [-0.2, 0) is 11.3 Å². The van der Waals surface area contributed by atoms with Gasteiger partial charge in [0.2, 0.25) is 11.9 Å². The van der Waals surface area contributed by atoms with Crippen LogP contribution in [0.15, 0.2) is 35.3 Å². The van der Waals surface area contributed by atoms with Gasteiger partial charge in [-0.05, 0) is 28.1 Å². The number of hydrogen-bond donors (Lipinski definition) is 1. The summed E-state index contributed by atoms with van der Waals surface area (Å²) in [6.45, 7) is 0.230. The number of pyridine rings is 1. The summed E-state index contributed by atoms with van der Waals surface area (Å²) in [6.07, 6.45) is 5.24. The second kappa shape index (κ2) is 5.96. The van der Waals surface area contributed by atoms with E-state index in [1.165, 1.54) is 0 Å². The molecule has 0 fully saturated rings. The molecule has 0 bridgehead atoms. The Morgan fingerprint density at radius 1 is 1.39 bits per heavy atom. The fraction of sp³-hybridized carbons (Fsp3) is 0.200. The van der Waals surface area contributed by atoms with Crippen molar-refractivity contribution in [2.24, 2.45) is 0 Å². The molecule has 3 aromatic heterocycles. The Morgan fingerprint density at radius 2 is 2.17 bits per heavy atom. The van der Waals surface area contributed by atoms with E-state index in [0.29, 0.717) is 10.3 Å². The molecule has 0 unspecified atom stereocenters. The molecule has 0 aliphatic carbocycles. The molecule has 118 valence electrons. The van der Waals surface area contributed by atoms with Crippen LogP contribution in [0.1, 0.15) is 0 Å². The van der Waals surface area contributed by atoms with Crippen molar-refractivity contribution in [3.8, 4) is 11.3 Å². The second-order valence-corrected chi connectivity index (χ2v) is 6.10. The first-order valence-corrected chi connectivity index (χ1v) is 7.68. The third-order valence-corrected chi connectivity index (χ3v) is 3.92. The first-order chi connectivity index (χ1) is 11.0. The number of nitrogens with two attached hydrogens (primary N) is 1. The zero-order valence-electron chi connectivity index (χ0n) is 12.7. The van der Waals surface area contributed by atoms with E-state index in [2.05, 4.69) is 30.9 Å². The Bertz CT molecular complexity index is 889. The number of anilines is 1. The molecule has 7 nitrogen and oxygen atoms in total. The lowest BCUT2D eigenvalue weighted by atomic mass is 10.1. The largest absolute Gasteiger partial charge is 0.368 e. The number of halogens is 1. The first kappa shape index (κ1) is 15.4. The van der Waals surface area contributed by atoms with Crippen LogP contribution in [-0.4, -0.2) is 44.4 Å². The monoisotopic (exact) mass is 374 g/mol. The van der Waals surface area contributed by atoms with Gasteiger partial charge in [-0.3, -0.25) is 4.79 Å². The topological polar surface area (TPSA) is 89.9 Å². The lowest BCUT2D eigenvalue weighted by molar-refractivity contribution is -0.129. The minimum atomic E-state index is -0.00132. The highest BCUT2D eigenvalue weighted by molar-refractivity contribution is 9.10. The van der Waals surface area contributed by atoms with Crippen LogP contribution < -0.4 is 5.73 Å². The van der Waals surface area contributed by atoms with Gasteiger partial charge in [0.05, 0.1) is 17.4 Å². The molecule has 23 heavy (non-hydrogen) atoms. The van der Waals surface area contributed by atoms with Crippen LogP contribution in [0.2, 0.25) is 0 Å². The van der Waals surface area contributed by atoms with E-state index in [0.717, 1.165) is 16.5 Å². The summed E-state index contributed by atoms with van der Waals surface area (Å²) >= 11 is 3.38. The molecule has 0 spiro atoms. The number of rotatable bonds is 3. The highest BCUT2D eigenvalue weighted by Crippen LogP contribution is 2.30. The van der Waals surface area contributed by atoms with Gasteiger partial charge in [0.15, 0.2) is 0 Å². The van der Waals surface area contributed by atoms with Crippen molar-refractivity contribution in [2.75, 3.05) is 19.8 Å². The lowest BCUT2D eigenvalue weighted by Crippen LogP contribution is -2.25. The first-order valence-electron chi connectivity index (χ1n) is 6.89. The smallest absolute Gasteiger partial charge is 0.241 e. The number of carbonyl (C=O) groups is 1. The fourth-order valence-corrected chi connectivity index (χ4v) is 2.64. The molecular formula is C15H15BrN6O. The number of fused-ring (bicyclic) bond motifs is 1. The van der Waals surface area contributed by atoms with Gasteiger partial charge in [0.1, 0.15) is 11.1 Å². The molecule has 0 atom stereocenters. The number of aromatic nitrogens is 4. The van der Waals surface area contributed by atoms with Crippen molar-refractivity contribution in [1.29, 1.82) is 0 Å². The van der Waals surface area contributed by atoms with Crippen LogP contribution in [0.4, 0.5) is 5.95 Å². The van der Waals surface area contributed by atoms with Gasteiger partial charge in [-0.25, -0.2) is 15.0 Å². The predicted octanol–water partition coefficient (Wildman–Crippen LogP) is 1.93. The van der Waals surface area contributed by atoms with E-state index in [9.17, 15) is 4.79 Å². The zero-order chi connectivity index (χ0) is 16.6. The van der Waals surface area contributed by atoms with Gasteiger partial charge in [-0.2, -0.15) is 0 Å². The van der Waals surface area contributed by atoms with Crippen molar-refractivity contribution in [1.82, 2.24) is 24.4 Å². The second-order valence-electron chi connectivity index (χ2n) is 5.28. The Labute approximate surface area is 141 Å². The SMILES string of the molecule is CN(C)C(=O)Cn1cc(-c2ccnc(N)n2)c2cc(Br)ncc21. The summed E-state index contributed by atoms with van der Waals surface area (Å²) in [5.41, 5.74) is 8.13. The van der Waals surface area contributed by atoms with Crippen LogP contribution in [0.3, 0.4) is 0 Å². The minimum absolute atomic E-state index is 0.00132. The highest BCUT2D eigenvalue weighted by atomic mass is 79.9. The van der Waals surface area contributed by atoms with Crippen molar-refractivity contribution in [3.05, 3.63) is 35.3 Å². The minimum Gasteiger partial charge on any atom is -0.368 e. The van der Waals surface area contributed by atoms with Gasteiger partial charge in [0.25, 0.3) is 0 Å². The summed E-state index contributed by atoms with van der Waals surface area (Å²) in [5, 5.41) is 0.941. The molecule has 0 saturated carbocycles. The average Bonchev–Trinajstić information content (AvgIpc) is 2.85. The van der Waals surface area contributed by atoms with Crippen LogP contribution in [0.25, 0.3) is 22.2 Å². The summed E-state index contributed by atoms with van der Waals surface area (Å²) < 4.78 is 2.58. The van der Waals surface area contributed by atoms with E-state index in [1.54, 1.807) is 37.5 Å². The molecule has 3 heterocycles. The Kier molecular flexibility index (Phi) is 3.99. The van der Waals surface area contributed by atoms with Crippen LogP contribution >= 0.6 is 15.9 Å². The van der Waals surface area contributed by atoms with Gasteiger partial charge < -0.3 is 15.2 Å². The average molecular weight is 375 g/mol. The summed E-state index contributed by atoms with van der Waals surface area (Å²) in [7, 11) is 3.46. The third kappa shape index (κ3) is 3.02. The van der Waals surface area contributed by atoms with E-state index in [-0.39, 0.29) is 18.4 Å². The molecule has 0 radical (unpaired) electrons. The van der Waals surface area contributed by atoms with E-state index in [1.807, 2.05) is 16.8 Å². The van der Waals surface area contributed by atoms with E-state index < -0.39 is 0 Å². The van der Waals surface area contributed by atoms with Gasteiger partial charge >= 0.3 is 0 Å². The van der Waals surface area contributed by atoms with E-state index >= 15 is 0 Å². The maximum absolute atomic E-state index is 12.1. The molecule has 0 aromatic carbocycles. The van der Waals surface area contributed by atoms with Crippen molar-refractivity contribution < 1.29 is 4.79 Å². The third-order valence-electron chi connectivity index (χ3n) is 3.49. The predicted molar refractivity (Wildman–Crippen MR) is 91.6 cm³/mol. The number of likely N-dealkylation sites (N-methyl/N-ethyl adjacent to an activating group) is 1. The molecule has 0 aliphatic heterocycles. The molecule has 0 saturated heterocycles. The van der Waals surface area contributed by atoms with Crippen LogP contribution in [0.5, 0.6) is 0 Å². The summed E-state index contributed by atoms with van der Waals surface area (Å²) in [6, 6.07) is 3.69. The molecule has 3 aromatic rings. The maximum atomic E-state index is 12.1. The van der Waals surface area contributed by atoms with Gasteiger partial charge in [-0.1, -0.05) is 0 Å². The molecular weight excluding hydrogens is 360 g/mol. The molecule has 8 heteroatoms. The van der Waals surface area contributed by atoms with Gasteiger partial charge in [0, 0.05) is 37.4 Å². The Morgan fingerprint density at radius 3 is 2.87 bits per heavy atom. The van der Waals surface area contributed by atoms with E-state index in [4.69, 9.17) is 5.73 Å². The normalized spacial score (nSPS) is 10.9. The lowest BCUT2D eigenvalue weighted by Gasteiger charge is -2.11. The van der Waals surface area contributed by atoms with Crippen molar-refractivity contribution >= 4 is 38.7 Å². The molecule has 3 rings (SSSR count). The van der Waals surface area contributed by atoms with Gasteiger partial charge in [-0.15, -0.1) is 0 Å². The Balaban J connectivity index is 2.18. The molecule has 2 N–H and O–H groups in total. The Hall–Kier alpha value is -2.48. The number of nitrogen functional groups attached to an aromatic ring is 1. The summed E-state index contributed by atoms with van der Waals surface area (Å²) in [4.78, 5) is 26.1. The quantitative estimate of drug-likeness (QED) is 0.707. The standard InChI is InChI=1S/C15H15BrN6O/c1-21(2)14(23)8-22-7-10(11-3-4-18-15(17)20-11)9-5-13(16)19-6-12(9)22/h3-7H,8H2,1-2H3,(H2,17,18,20). The maximum Gasteiger partial charge on any atom is 0.241 e. The number of nitrogens with zero attached hydrogens (tertiary/aromatic N) is 5. The molecule has 0 aliphatic rings. The molecule has 1 amide bonds. The number of amides is 1. The fourth-order valence-electron chi connectivity index (χ4n) is 2.31. The highest BCUT2D eigenvalue weighted by Gasteiger charge is 2.15. The van der Waals surface area contributed by atoms with Crippen molar-refractivity contribution in [3.63, 3.8) is 0 Å². The number of carbonyl (C=O) groups excluding carboxylic acids is 1.